The van der Waals surface area contributed by atoms with E-state index in [0.717, 1.165) is 42.8 Å². The molecule has 1 atom stereocenters. The number of hydrogen-bond donors (Lipinski definition) is 2. The first kappa shape index (κ1) is 14.9. The first-order valence-corrected chi connectivity index (χ1v) is 7.47. The molecule has 0 bridgehead atoms. The highest BCUT2D eigenvalue weighted by atomic mass is 79.9. The molecule has 0 radical (unpaired) electrons. The third-order valence-corrected chi connectivity index (χ3v) is 4.10. The Hall–Kier alpha value is -0.460. The van der Waals surface area contributed by atoms with Gasteiger partial charge in [0.2, 0.25) is 0 Å². The maximum absolute atomic E-state index is 10.2. The lowest BCUT2D eigenvalue weighted by molar-refractivity contribution is 0.0661. The summed E-state index contributed by atoms with van der Waals surface area (Å²) in [6, 6.07) is 7.82. The van der Waals surface area contributed by atoms with Gasteiger partial charge in [-0.1, -0.05) is 28.1 Å². The SMILES string of the molecule is OCCN1CCN(C[C@H](O)c2ccc(Br)cc2)CC1. The number of halogens is 1. The normalized spacial score (nSPS) is 19.5. The van der Waals surface area contributed by atoms with Crippen LogP contribution in [-0.2, 0) is 0 Å². The summed E-state index contributed by atoms with van der Waals surface area (Å²) >= 11 is 3.40. The molecule has 0 spiro atoms. The summed E-state index contributed by atoms with van der Waals surface area (Å²) in [5, 5.41) is 19.1. The molecule has 1 aliphatic rings. The molecule has 0 aromatic heterocycles. The minimum absolute atomic E-state index is 0.224. The van der Waals surface area contributed by atoms with E-state index in [-0.39, 0.29) is 6.61 Å². The molecule has 0 saturated carbocycles. The molecular formula is C14H21BrN2O2. The van der Waals surface area contributed by atoms with Crippen LogP contribution in [0.1, 0.15) is 11.7 Å². The molecule has 0 unspecified atom stereocenters. The number of aliphatic hydroxyl groups excluding tert-OH is 2. The monoisotopic (exact) mass is 328 g/mol. The number of piperazine rings is 1. The number of hydrogen-bond acceptors (Lipinski definition) is 4. The summed E-state index contributed by atoms with van der Waals surface area (Å²) in [6.07, 6.45) is -0.433. The lowest BCUT2D eigenvalue weighted by Crippen LogP contribution is -2.48. The summed E-state index contributed by atoms with van der Waals surface area (Å²) in [5.41, 5.74) is 0.959. The molecular weight excluding hydrogens is 308 g/mol. The standard InChI is InChI=1S/C14H21BrN2O2/c15-13-3-1-12(2-4-13)14(19)11-17-7-5-16(6-8-17)9-10-18/h1-4,14,18-19H,5-11H2/t14-/m0/s1. The second-order valence-corrected chi connectivity index (χ2v) is 5.85. The van der Waals surface area contributed by atoms with Crippen molar-refractivity contribution in [3.8, 4) is 0 Å². The highest BCUT2D eigenvalue weighted by molar-refractivity contribution is 9.10. The van der Waals surface area contributed by atoms with Crippen molar-refractivity contribution in [2.75, 3.05) is 45.9 Å². The van der Waals surface area contributed by atoms with Crippen LogP contribution in [0.2, 0.25) is 0 Å². The number of rotatable bonds is 5. The Morgan fingerprint density at radius 2 is 1.63 bits per heavy atom. The van der Waals surface area contributed by atoms with Gasteiger partial charge in [0.1, 0.15) is 0 Å². The fourth-order valence-electron chi connectivity index (χ4n) is 2.37. The molecule has 2 N–H and O–H groups in total. The van der Waals surface area contributed by atoms with Crippen LogP contribution >= 0.6 is 15.9 Å². The fraction of sp³-hybridized carbons (Fsp3) is 0.571. The number of β-amino-alcohol motifs (C(OH)–C–C–N with tert-alkyl or cyclic N) is 2. The first-order chi connectivity index (χ1) is 9.19. The fourth-order valence-corrected chi connectivity index (χ4v) is 2.64. The van der Waals surface area contributed by atoms with Gasteiger partial charge in [0.25, 0.3) is 0 Å². The van der Waals surface area contributed by atoms with Gasteiger partial charge in [-0.2, -0.15) is 0 Å². The van der Waals surface area contributed by atoms with Crippen molar-refractivity contribution in [1.82, 2.24) is 9.80 Å². The zero-order chi connectivity index (χ0) is 13.7. The smallest absolute Gasteiger partial charge is 0.0916 e. The van der Waals surface area contributed by atoms with Gasteiger partial charge in [-0.3, -0.25) is 9.80 Å². The van der Waals surface area contributed by atoms with Gasteiger partial charge in [0.15, 0.2) is 0 Å². The number of nitrogens with zero attached hydrogens (tertiary/aromatic N) is 2. The van der Waals surface area contributed by atoms with E-state index in [1.165, 1.54) is 0 Å². The van der Waals surface area contributed by atoms with E-state index in [9.17, 15) is 5.11 Å². The van der Waals surface area contributed by atoms with Gasteiger partial charge in [0, 0.05) is 43.7 Å². The van der Waals surface area contributed by atoms with Crippen molar-refractivity contribution < 1.29 is 10.2 Å². The molecule has 1 aromatic rings. The molecule has 1 aliphatic heterocycles. The van der Waals surface area contributed by atoms with Crippen LogP contribution in [0.25, 0.3) is 0 Å². The molecule has 0 amide bonds. The van der Waals surface area contributed by atoms with Crippen molar-refractivity contribution in [1.29, 1.82) is 0 Å². The molecule has 1 aromatic carbocycles. The minimum Gasteiger partial charge on any atom is -0.395 e. The Labute approximate surface area is 122 Å². The number of aliphatic hydroxyl groups is 2. The molecule has 1 heterocycles. The van der Waals surface area contributed by atoms with Gasteiger partial charge in [-0.25, -0.2) is 0 Å². The van der Waals surface area contributed by atoms with Crippen molar-refractivity contribution in [3.05, 3.63) is 34.3 Å². The highest BCUT2D eigenvalue weighted by Crippen LogP contribution is 2.18. The second kappa shape index (κ2) is 7.36. The van der Waals surface area contributed by atoms with Gasteiger partial charge in [-0.15, -0.1) is 0 Å². The molecule has 2 rings (SSSR count). The van der Waals surface area contributed by atoms with Gasteiger partial charge < -0.3 is 10.2 Å². The van der Waals surface area contributed by atoms with E-state index in [0.29, 0.717) is 6.54 Å². The van der Waals surface area contributed by atoms with Crippen molar-refractivity contribution in [2.24, 2.45) is 0 Å². The van der Waals surface area contributed by atoms with Crippen LogP contribution in [0.5, 0.6) is 0 Å². The third-order valence-electron chi connectivity index (χ3n) is 3.57. The lowest BCUT2D eigenvalue weighted by Gasteiger charge is -2.35. The van der Waals surface area contributed by atoms with Crippen LogP contribution in [0.4, 0.5) is 0 Å². The summed E-state index contributed by atoms with van der Waals surface area (Å²) in [6.45, 7) is 5.49. The lowest BCUT2D eigenvalue weighted by atomic mass is 10.1. The minimum atomic E-state index is -0.433. The second-order valence-electron chi connectivity index (χ2n) is 4.93. The van der Waals surface area contributed by atoms with Crippen molar-refractivity contribution >= 4 is 15.9 Å². The van der Waals surface area contributed by atoms with Crippen LogP contribution in [-0.4, -0.2) is 65.9 Å². The largest absolute Gasteiger partial charge is 0.395 e. The van der Waals surface area contributed by atoms with E-state index in [4.69, 9.17) is 5.11 Å². The zero-order valence-corrected chi connectivity index (χ0v) is 12.6. The average molecular weight is 329 g/mol. The average Bonchev–Trinajstić information content (AvgIpc) is 2.42. The summed E-state index contributed by atoms with van der Waals surface area (Å²) in [4.78, 5) is 4.53. The predicted octanol–water partition coefficient (Wildman–Crippen LogP) is 1.09. The summed E-state index contributed by atoms with van der Waals surface area (Å²) in [7, 11) is 0. The van der Waals surface area contributed by atoms with Gasteiger partial charge in [-0.05, 0) is 17.7 Å². The maximum Gasteiger partial charge on any atom is 0.0916 e. The molecule has 106 valence electrons. The van der Waals surface area contributed by atoms with Crippen LogP contribution in [0.15, 0.2) is 28.7 Å². The number of benzene rings is 1. The molecule has 1 saturated heterocycles. The summed E-state index contributed by atoms with van der Waals surface area (Å²) < 4.78 is 1.03. The topological polar surface area (TPSA) is 46.9 Å². The van der Waals surface area contributed by atoms with Crippen LogP contribution < -0.4 is 0 Å². The van der Waals surface area contributed by atoms with E-state index in [2.05, 4.69) is 25.7 Å². The third kappa shape index (κ3) is 4.54. The first-order valence-electron chi connectivity index (χ1n) is 6.68. The quantitative estimate of drug-likeness (QED) is 0.849. The zero-order valence-electron chi connectivity index (χ0n) is 11.0. The Bertz CT molecular complexity index is 378. The van der Waals surface area contributed by atoms with E-state index in [1.54, 1.807) is 0 Å². The van der Waals surface area contributed by atoms with E-state index >= 15 is 0 Å². The summed E-state index contributed by atoms with van der Waals surface area (Å²) in [5.74, 6) is 0. The Kier molecular flexibility index (Phi) is 5.78. The Morgan fingerprint density at radius 1 is 1.05 bits per heavy atom. The van der Waals surface area contributed by atoms with Crippen LogP contribution in [0, 0.1) is 0 Å². The van der Waals surface area contributed by atoms with Gasteiger partial charge in [0.05, 0.1) is 12.7 Å². The van der Waals surface area contributed by atoms with Crippen molar-refractivity contribution in [3.63, 3.8) is 0 Å². The van der Waals surface area contributed by atoms with Crippen molar-refractivity contribution in [2.45, 2.75) is 6.10 Å². The van der Waals surface area contributed by atoms with Gasteiger partial charge >= 0.3 is 0 Å². The van der Waals surface area contributed by atoms with E-state index in [1.807, 2.05) is 24.3 Å². The molecule has 1 fully saturated rings. The van der Waals surface area contributed by atoms with E-state index < -0.39 is 6.10 Å². The van der Waals surface area contributed by atoms with Crippen LogP contribution in [0.3, 0.4) is 0 Å². The Balaban J connectivity index is 1.80. The molecule has 4 nitrogen and oxygen atoms in total. The predicted molar refractivity (Wildman–Crippen MR) is 79.1 cm³/mol. The molecule has 0 aliphatic carbocycles. The Morgan fingerprint density at radius 3 is 2.21 bits per heavy atom. The highest BCUT2D eigenvalue weighted by Gasteiger charge is 2.19. The molecule has 5 heteroatoms. The molecule has 19 heavy (non-hydrogen) atoms. The maximum atomic E-state index is 10.2.